The van der Waals surface area contributed by atoms with Crippen LogP contribution in [0.2, 0.25) is 15.1 Å². The number of benzene rings is 3. The van der Waals surface area contributed by atoms with Crippen LogP contribution in [-0.4, -0.2) is 51.0 Å². The Labute approximate surface area is 251 Å². The molecule has 0 heterocycles. The van der Waals surface area contributed by atoms with Gasteiger partial charge in [-0.05, 0) is 54.3 Å². The van der Waals surface area contributed by atoms with E-state index < -0.39 is 16.1 Å². The number of carbonyl (C=O) groups excluding carboxylic acids is 2. The largest absolute Gasteiger partial charge is 0.357 e. The molecule has 1 atom stereocenters. The van der Waals surface area contributed by atoms with Crippen molar-refractivity contribution < 1.29 is 18.0 Å². The maximum Gasteiger partial charge on any atom is 0.242 e. The molecule has 214 valence electrons. The predicted molar refractivity (Wildman–Crippen MR) is 163 cm³/mol. The minimum absolute atomic E-state index is 0.000867. The highest BCUT2D eigenvalue weighted by atomic mass is 35.5. The molecule has 0 saturated carbocycles. The SMILES string of the molecule is CNC(=O)[C@H](Cc1ccccc1)N(Cc1ccc(Cl)cc1Cl)C(=O)CCCN(c1cccc(Cl)c1C)S(C)(=O)=O. The third-order valence-corrected chi connectivity index (χ3v) is 8.71. The summed E-state index contributed by atoms with van der Waals surface area (Å²) in [5, 5.41) is 3.95. The third kappa shape index (κ3) is 8.36. The quantitative estimate of drug-likeness (QED) is 0.272. The minimum atomic E-state index is -3.65. The first-order valence-electron chi connectivity index (χ1n) is 12.6. The van der Waals surface area contributed by atoms with Crippen LogP contribution >= 0.6 is 34.8 Å². The zero-order valence-corrected chi connectivity index (χ0v) is 25.6. The first-order valence-corrected chi connectivity index (χ1v) is 15.6. The number of likely N-dealkylation sites (N-methyl/N-ethyl adjacent to an activating group) is 1. The lowest BCUT2D eigenvalue weighted by Gasteiger charge is -2.32. The summed E-state index contributed by atoms with van der Waals surface area (Å²) < 4.78 is 26.6. The lowest BCUT2D eigenvalue weighted by Crippen LogP contribution is -2.49. The second-order valence-corrected chi connectivity index (χ2v) is 12.6. The number of sulfonamides is 1. The Morgan fingerprint density at radius 1 is 0.950 bits per heavy atom. The van der Waals surface area contributed by atoms with Crippen molar-refractivity contribution in [2.45, 2.75) is 38.8 Å². The normalized spacial score (nSPS) is 12.1. The van der Waals surface area contributed by atoms with E-state index >= 15 is 0 Å². The standard InChI is InChI=1S/C29H32Cl3N3O4S/c1-20-24(31)11-7-12-26(20)35(40(3,38)39)16-8-13-28(36)34(19-22-14-15-23(30)18-25(22)32)27(29(37)33-2)17-21-9-5-4-6-10-21/h4-7,9-12,14-15,18,27H,8,13,16-17,19H2,1-3H3,(H,33,37)/t27-/m0/s1. The summed E-state index contributed by atoms with van der Waals surface area (Å²) in [5.74, 6) is -0.638. The van der Waals surface area contributed by atoms with Crippen molar-refractivity contribution in [1.82, 2.24) is 10.2 Å². The summed E-state index contributed by atoms with van der Waals surface area (Å²) in [5.41, 5.74) is 2.60. The van der Waals surface area contributed by atoms with Gasteiger partial charge < -0.3 is 10.2 Å². The number of carbonyl (C=O) groups is 2. The molecule has 3 aromatic rings. The van der Waals surface area contributed by atoms with Crippen LogP contribution in [0.4, 0.5) is 5.69 Å². The maximum atomic E-state index is 13.8. The van der Waals surface area contributed by atoms with Gasteiger partial charge in [0.1, 0.15) is 6.04 Å². The Hall–Kier alpha value is -2.78. The average Bonchev–Trinajstić information content (AvgIpc) is 2.91. The molecule has 2 amide bonds. The predicted octanol–water partition coefficient (Wildman–Crippen LogP) is 5.89. The molecular formula is C29H32Cl3N3O4S. The molecule has 0 radical (unpaired) electrons. The van der Waals surface area contributed by atoms with Crippen molar-refractivity contribution >= 4 is 62.3 Å². The molecule has 0 aliphatic heterocycles. The highest BCUT2D eigenvalue weighted by molar-refractivity contribution is 7.92. The lowest BCUT2D eigenvalue weighted by atomic mass is 10.0. The number of anilines is 1. The van der Waals surface area contributed by atoms with Crippen LogP contribution in [0.25, 0.3) is 0 Å². The van der Waals surface area contributed by atoms with Gasteiger partial charge in [-0.3, -0.25) is 13.9 Å². The van der Waals surface area contributed by atoms with Gasteiger partial charge in [-0.25, -0.2) is 8.42 Å². The molecular weight excluding hydrogens is 593 g/mol. The van der Waals surface area contributed by atoms with Crippen LogP contribution in [0.3, 0.4) is 0 Å². The Morgan fingerprint density at radius 2 is 1.65 bits per heavy atom. The summed E-state index contributed by atoms with van der Waals surface area (Å²) in [6.45, 7) is 1.88. The molecule has 0 unspecified atom stereocenters. The molecule has 40 heavy (non-hydrogen) atoms. The average molecular weight is 625 g/mol. The number of nitrogens with zero attached hydrogens (tertiary/aromatic N) is 2. The summed E-state index contributed by atoms with van der Waals surface area (Å²) in [6.07, 6.45) is 1.62. The van der Waals surface area contributed by atoms with E-state index in [1.54, 1.807) is 43.3 Å². The van der Waals surface area contributed by atoms with Crippen molar-refractivity contribution in [3.8, 4) is 0 Å². The van der Waals surface area contributed by atoms with E-state index in [2.05, 4.69) is 5.32 Å². The van der Waals surface area contributed by atoms with Gasteiger partial charge in [0.25, 0.3) is 0 Å². The molecule has 0 spiro atoms. The molecule has 7 nitrogen and oxygen atoms in total. The summed E-state index contributed by atoms with van der Waals surface area (Å²) >= 11 is 18.8. The number of hydrogen-bond donors (Lipinski definition) is 1. The van der Waals surface area contributed by atoms with E-state index in [9.17, 15) is 18.0 Å². The van der Waals surface area contributed by atoms with Crippen LogP contribution in [-0.2, 0) is 32.6 Å². The number of nitrogens with one attached hydrogen (secondary N) is 1. The van der Waals surface area contributed by atoms with Crippen LogP contribution in [0, 0.1) is 6.92 Å². The molecule has 0 aliphatic carbocycles. The molecule has 3 rings (SSSR count). The molecule has 0 fully saturated rings. The van der Waals surface area contributed by atoms with Crippen LogP contribution in [0.15, 0.2) is 66.7 Å². The molecule has 11 heteroatoms. The molecule has 0 aromatic heterocycles. The molecule has 1 N–H and O–H groups in total. The Bertz CT molecular complexity index is 1450. The Morgan fingerprint density at radius 3 is 2.27 bits per heavy atom. The van der Waals surface area contributed by atoms with Crippen molar-refractivity contribution in [1.29, 1.82) is 0 Å². The van der Waals surface area contributed by atoms with Crippen molar-refractivity contribution in [3.05, 3.63) is 98.5 Å². The lowest BCUT2D eigenvalue weighted by molar-refractivity contribution is -0.141. The van der Waals surface area contributed by atoms with E-state index in [1.807, 2.05) is 30.3 Å². The summed E-state index contributed by atoms with van der Waals surface area (Å²) in [4.78, 5) is 28.4. The molecule has 0 bridgehead atoms. The van der Waals surface area contributed by atoms with Gasteiger partial charge in [-0.15, -0.1) is 0 Å². The highest BCUT2D eigenvalue weighted by Gasteiger charge is 2.30. The van der Waals surface area contributed by atoms with E-state index in [0.717, 1.165) is 11.8 Å². The van der Waals surface area contributed by atoms with Crippen LogP contribution < -0.4 is 9.62 Å². The zero-order chi connectivity index (χ0) is 29.4. The van der Waals surface area contributed by atoms with Crippen molar-refractivity contribution in [3.63, 3.8) is 0 Å². The number of halogens is 3. The van der Waals surface area contributed by atoms with Gasteiger partial charge in [-0.2, -0.15) is 0 Å². The monoisotopic (exact) mass is 623 g/mol. The van der Waals surface area contributed by atoms with Gasteiger partial charge in [-0.1, -0.05) is 77.3 Å². The number of rotatable bonds is 12. The summed E-state index contributed by atoms with van der Waals surface area (Å²) in [6, 6.07) is 18.6. The van der Waals surface area contributed by atoms with Crippen molar-refractivity contribution in [2.24, 2.45) is 0 Å². The Kier molecular flexibility index (Phi) is 11.3. The first-order chi connectivity index (χ1) is 18.9. The first kappa shape index (κ1) is 31.7. The minimum Gasteiger partial charge on any atom is -0.357 e. The van der Waals surface area contributed by atoms with E-state index in [4.69, 9.17) is 34.8 Å². The van der Waals surface area contributed by atoms with Gasteiger partial charge in [0.15, 0.2) is 0 Å². The van der Waals surface area contributed by atoms with Crippen LogP contribution in [0.5, 0.6) is 0 Å². The van der Waals surface area contributed by atoms with Gasteiger partial charge in [0, 0.05) is 48.0 Å². The molecule has 0 aliphatic rings. The molecule has 0 saturated heterocycles. The Balaban J connectivity index is 1.89. The summed E-state index contributed by atoms with van der Waals surface area (Å²) in [7, 11) is -2.13. The second kappa shape index (κ2) is 14.2. The second-order valence-electron chi connectivity index (χ2n) is 9.40. The molecule has 3 aromatic carbocycles. The smallest absolute Gasteiger partial charge is 0.242 e. The number of hydrogen-bond acceptors (Lipinski definition) is 4. The fourth-order valence-electron chi connectivity index (χ4n) is 4.40. The number of amides is 2. The zero-order valence-electron chi connectivity index (χ0n) is 22.5. The fourth-order valence-corrected chi connectivity index (χ4v) is 6.06. The van der Waals surface area contributed by atoms with E-state index in [0.29, 0.717) is 31.9 Å². The fraction of sp³-hybridized carbons (Fsp3) is 0.310. The topological polar surface area (TPSA) is 86.8 Å². The third-order valence-electron chi connectivity index (χ3n) is 6.53. The maximum absolute atomic E-state index is 13.8. The highest BCUT2D eigenvalue weighted by Crippen LogP contribution is 2.29. The van der Waals surface area contributed by atoms with Crippen LogP contribution in [0.1, 0.15) is 29.5 Å². The van der Waals surface area contributed by atoms with Gasteiger partial charge in [0.2, 0.25) is 21.8 Å². The van der Waals surface area contributed by atoms with E-state index in [-0.39, 0.29) is 44.2 Å². The van der Waals surface area contributed by atoms with Gasteiger partial charge in [0.05, 0.1) is 11.9 Å². The van der Waals surface area contributed by atoms with Gasteiger partial charge >= 0.3 is 0 Å². The van der Waals surface area contributed by atoms with Crippen molar-refractivity contribution in [2.75, 3.05) is 24.2 Å². The van der Waals surface area contributed by atoms with E-state index in [1.165, 1.54) is 16.3 Å².